The van der Waals surface area contributed by atoms with Crippen molar-refractivity contribution in [1.29, 1.82) is 0 Å². The Morgan fingerprint density at radius 1 is 1.18 bits per heavy atom. The number of hydrogen-bond acceptors (Lipinski definition) is 4. The summed E-state index contributed by atoms with van der Waals surface area (Å²) in [6, 6.07) is 6.56. The van der Waals surface area contributed by atoms with Crippen molar-refractivity contribution in [3.63, 3.8) is 0 Å². The fraction of sp³-hybridized carbons (Fsp3) is 0.611. The number of ether oxygens (including phenoxy) is 2. The van der Waals surface area contributed by atoms with Crippen LogP contribution in [0.5, 0.6) is 11.5 Å². The second-order valence-electron chi connectivity index (χ2n) is 5.97. The molecule has 122 valence electrons. The van der Waals surface area contributed by atoms with Crippen LogP contribution in [0.4, 0.5) is 0 Å². The molecule has 1 heterocycles. The normalized spacial score (nSPS) is 22.3. The first-order valence-corrected chi connectivity index (χ1v) is 8.26. The number of aldehydes is 1. The van der Waals surface area contributed by atoms with E-state index in [0.29, 0.717) is 42.4 Å². The predicted octanol–water partition coefficient (Wildman–Crippen LogP) is 3.54. The van der Waals surface area contributed by atoms with Crippen molar-refractivity contribution in [3.8, 4) is 11.5 Å². The third kappa shape index (κ3) is 4.23. The van der Waals surface area contributed by atoms with Gasteiger partial charge < -0.3 is 9.47 Å². The maximum Gasteiger partial charge on any atom is 0.161 e. The summed E-state index contributed by atoms with van der Waals surface area (Å²) in [7, 11) is 0. The van der Waals surface area contributed by atoms with E-state index in [1.54, 1.807) is 12.1 Å². The number of hydrogen-bond donors (Lipinski definition) is 0. The van der Waals surface area contributed by atoms with Crippen molar-refractivity contribution in [2.24, 2.45) is 0 Å². The first kappa shape index (κ1) is 16.8. The number of piperidine rings is 1. The van der Waals surface area contributed by atoms with Gasteiger partial charge in [-0.1, -0.05) is 6.42 Å². The van der Waals surface area contributed by atoms with E-state index in [1.807, 2.05) is 13.0 Å². The molecule has 0 bridgehead atoms. The van der Waals surface area contributed by atoms with Gasteiger partial charge in [-0.3, -0.25) is 9.69 Å². The topological polar surface area (TPSA) is 38.8 Å². The number of carbonyl (C=O) groups is 1. The lowest BCUT2D eigenvalue weighted by atomic mass is 9.98. The summed E-state index contributed by atoms with van der Waals surface area (Å²) in [5.41, 5.74) is 0.606. The van der Waals surface area contributed by atoms with Gasteiger partial charge in [-0.2, -0.15) is 0 Å². The van der Waals surface area contributed by atoms with E-state index in [1.165, 1.54) is 19.3 Å². The lowest BCUT2D eigenvalue weighted by Gasteiger charge is -2.38. The molecule has 1 aliphatic rings. The Morgan fingerprint density at radius 3 is 2.55 bits per heavy atom. The predicted molar refractivity (Wildman–Crippen MR) is 88.0 cm³/mol. The Kier molecular flexibility index (Phi) is 6.25. The van der Waals surface area contributed by atoms with Gasteiger partial charge in [0, 0.05) is 24.2 Å². The molecular formula is C18H27NO3. The number of rotatable bonds is 7. The minimum Gasteiger partial charge on any atom is -0.490 e. The molecule has 1 saturated heterocycles. The van der Waals surface area contributed by atoms with Crippen LogP contribution >= 0.6 is 0 Å². The molecular weight excluding hydrogens is 278 g/mol. The Balaban J connectivity index is 1.94. The van der Waals surface area contributed by atoms with Crippen molar-refractivity contribution < 1.29 is 14.3 Å². The molecule has 4 nitrogen and oxygen atoms in total. The molecule has 0 aliphatic carbocycles. The van der Waals surface area contributed by atoms with Gasteiger partial charge in [0.15, 0.2) is 11.5 Å². The highest BCUT2D eigenvalue weighted by atomic mass is 16.5. The van der Waals surface area contributed by atoms with Gasteiger partial charge in [0.05, 0.1) is 6.61 Å². The third-order valence-corrected chi connectivity index (χ3v) is 4.39. The molecule has 4 heteroatoms. The first-order chi connectivity index (χ1) is 10.7. The molecule has 1 aromatic rings. The van der Waals surface area contributed by atoms with Crippen LogP contribution in [0.25, 0.3) is 0 Å². The summed E-state index contributed by atoms with van der Waals surface area (Å²) in [4.78, 5) is 13.4. The molecule has 1 aromatic carbocycles. The van der Waals surface area contributed by atoms with Crippen LogP contribution in [0.1, 0.15) is 50.4 Å². The summed E-state index contributed by atoms with van der Waals surface area (Å²) >= 11 is 0. The molecule has 1 fully saturated rings. The third-order valence-electron chi connectivity index (χ3n) is 4.39. The van der Waals surface area contributed by atoms with E-state index in [4.69, 9.17) is 9.47 Å². The van der Waals surface area contributed by atoms with Crippen LogP contribution in [-0.4, -0.2) is 43.0 Å². The Bertz CT molecular complexity index is 479. The van der Waals surface area contributed by atoms with Crippen LogP contribution in [0, 0.1) is 0 Å². The van der Waals surface area contributed by atoms with E-state index in [2.05, 4.69) is 18.7 Å². The van der Waals surface area contributed by atoms with Crippen LogP contribution in [0.2, 0.25) is 0 Å². The van der Waals surface area contributed by atoms with Crippen molar-refractivity contribution in [2.75, 3.05) is 19.8 Å². The summed E-state index contributed by atoms with van der Waals surface area (Å²) < 4.78 is 11.5. The molecule has 0 radical (unpaired) electrons. The minimum absolute atomic E-state index is 0.554. The van der Waals surface area contributed by atoms with Crippen molar-refractivity contribution in [2.45, 2.75) is 52.1 Å². The molecule has 0 unspecified atom stereocenters. The summed E-state index contributed by atoms with van der Waals surface area (Å²) in [5.74, 6) is 1.36. The second kappa shape index (κ2) is 8.18. The zero-order chi connectivity index (χ0) is 15.9. The number of nitrogens with zero attached hydrogens (tertiary/aromatic N) is 1. The fourth-order valence-electron chi connectivity index (χ4n) is 3.16. The number of benzene rings is 1. The largest absolute Gasteiger partial charge is 0.490 e. The van der Waals surface area contributed by atoms with Crippen LogP contribution in [0.3, 0.4) is 0 Å². The molecule has 22 heavy (non-hydrogen) atoms. The molecule has 0 saturated carbocycles. The van der Waals surface area contributed by atoms with Gasteiger partial charge in [-0.15, -0.1) is 0 Å². The van der Waals surface area contributed by atoms with Crippen LogP contribution < -0.4 is 9.47 Å². The van der Waals surface area contributed by atoms with Crippen LogP contribution in [0.15, 0.2) is 18.2 Å². The maximum absolute atomic E-state index is 10.9. The molecule has 2 rings (SSSR count). The second-order valence-corrected chi connectivity index (χ2v) is 5.97. The highest BCUT2D eigenvalue weighted by Crippen LogP contribution is 2.28. The van der Waals surface area contributed by atoms with E-state index in [9.17, 15) is 4.79 Å². The molecule has 1 aliphatic heterocycles. The lowest BCUT2D eigenvalue weighted by molar-refractivity contribution is 0.0844. The smallest absolute Gasteiger partial charge is 0.161 e. The lowest BCUT2D eigenvalue weighted by Crippen LogP contribution is -2.45. The average molecular weight is 305 g/mol. The molecule has 0 spiro atoms. The zero-order valence-corrected chi connectivity index (χ0v) is 13.9. The van der Waals surface area contributed by atoms with Crippen molar-refractivity contribution >= 4 is 6.29 Å². The average Bonchev–Trinajstić information content (AvgIpc) is 2.51. The molecule has 0 aromatic heterocycles. The highest BCUT2D eigenvalue weighted by Gasteiger charge is 2.24. The monoisotopic (exact) mass is 305 g/mol. The summed E-state index contributed by atoms with van der Waals surface area (Å²) in [6.45, 7) is 8.62. The SMILES string of the molecule is CCOc1cc(C=O)ccc1OCCN1[C@@H](C)CCC[C@@H]1C. The van der Waals surface area contributed by atoms with E-state index < -0.39 is 0 Å². The Hall–Kier alpha value is -1.55. The number of carbonyl (C=O) groups excluding carboxylic acids is 1. The van der Waals surface area contributed by atoms with E-state index in [-0.39, 0.29) is 0 Å². The maximum atomic E-state index is 10.9. The van der Waals surface area contributed by atoms with E-state index >= 15 is 0 Å². The molecule has 2 atom stereocenters. The standard InChI is InChI=1S/C18H27NO3/c1-4-21-18-12-16(13-20)8-9-17(18)22-11-10-19-14(2)6-5-7-15(19)3/h8-9,12-15H,4-7,10-11H2,1-3H3/t14-,15-/m0/s1. The van der Waals surface area contributed by atoms with Crippen molar-refractivity contribution in [1.82, 2.24) is 4.90 Å². The quantitative estimate of drug-likeness (QED) is 0.722. The Labute approximate surface area is 133 Å². The van der Waals surface area contributed by atoms with Gasteiger partial charge in [0.1, 0.15) is 12.9 Å². The molecule has 0 N–H and O–H groups in total. The van der Waals surface area contributed by atoms with Gasteiger partial charge in [-0.05, 0) is 51.8 Å². The molecule has 0 amide bonds. The summed E-state index contributed by atoms with van der Waals surface area (Å²) in [5, 5.41) is 0. The van der Waals surface area contributed by atoms with E-state index in [0.717, 1.165) is 12.8 Å². The van der Waals surface area contributed by atoms with Gasteiger partial charge >= 0.3 is 0 Å². The summed E-state index contributed by atoms with van der Waals surface area (Å²) in [6.07, 6.45) is 4.68. The Morgan fingerprint density at radius 2 is 1.91 bits per heavy atom. The highest BCUT2D eigenvalue weighted by molar-refractivity contribution is 5.76. The minimum atomic E-state index is 0.554. The fourth-order valence-corrected chi connectivity index (χ4v) is 3.16. The van der Waals surface area contributed by atoms with Gasteiger partial charge in [0.2, 0.25) is 0 Å². The zero-order valence-electron chi connectivity index (χ0n) is 13.9. The van der Waals surface area contributed by atoms with Gasteiger partial charge in [-0.25, -0.2) is 0 Å². The first-order valence-electron chi connectivity index (χ1n) is 8.26. The van der Waals surface area contributed by atoms with Crippen LogP contribution in [-0.2, 0) is 0 Å². The van der Waals surface area contributed by atoms with Gasteiger partial charge in [0.25, 0.3) is 0 Å². The number of likely N-dealkylation sites (tertiary alicyclic amines) is 1. The van der Waals surface area contributed by atoms with Crippen molar-refractivity contribution in [3.05, 3.63) is 23.8 Å².